The van der Waals surface area contributed by atoms with Crippen molar-refractivity contribution in [3.8, 4) is 5.75 Å². The van der Waals surface area contributed by atoms with Gasteiger partial charge in [-0.05, 0) is 30.7 Å². The van der Waals surface area contributed by atoms with Gasteiger partial charge >= 0.3 is 0 Å². The van der Waals surface area contributed by atoms with Gasteiger partial charge in [-0.25, -0.2) is 4.98 Å². The number of benzene rings is 1. The van der Waals surface area contributed by atoms with Crippen LogP contribution in [-0.2, 0) is 0 Å². The number of likely N-dealkylation sites (tertiary alicyclic amines) is 1. The summed E-state index contributed by atoms with van der Waals surface area (Å²) >= 11 is 0. The quantitative estimate of drug-likeness (QED) is 0.728. The van der Waals surface area contributed by atoms with Gasteiger partial charge in [0.05, 0.1) is 6.54 Å². The van der Waals surface area contributed by atoms with Gasteiger partial charge in [0, 0.05) is 25.4 Å². The van der Waals surface area contributed by atoms with E-state index in [4.69, 9.17) is 4.74 Å². The number of hydrogen-bond acceptors (Lipinski definition) is 4. The lowest BCUT2D eigenvalue weighted by molar-refractivity contribution is 0.0770. The van der Waals surface area contributed by atoms with Crippen molar-refractivity contribution in [3.05, 3.63) is 76.3 Å². The van der Waals surface area contributed by atoms with Crippen LogP contribution in [-0.4, -0.2) is 39.4 Å². The van der Waals surface area contributed by atoms with E-state index in [1.807, 2.05) is 43.3 Å². The van der Waals surface area contributed by atoms with E-state index in [1.165, 1.54) is 10.6 Å². The number of fused-ring (bicyclic) bond motifs is 1. The summed E-state index contributed by atoms with van der Waals surface area (Å²) in [5.41, 5.74) is 1.22. The molecule has 1 aromatic carbocycles. The second-order valence-corrected chi connectivity index (χ2v) is 6.50. The molecule has 1 aliphatic rings. The minimum atomic E-state index is -0.337. The molecule has 1 aliphatic heterocycles. The zero-order valence-corrected chi connectivity index (χ0v) is 14.5. The molecule has 1 saturated heterocycles. The zero-order chi connectivity index (χ0) is 18.1. The van der Waals surface area contributed by atoms with Gasteiger partial charge in [0.2, 0.25) is 0 Å². The highest BCUT2D eigenvalue weighted by Gasteiger charge is 2.30. The van der Waals surface area contributed by atoms with Crippen LogP contribution >= 0.6 is 0 Å². The number of hydrogen-bond donors (Lipinski definition) is 0. The summed E-state index contributed by atoms with van der Waals surface area (Å²) in [5.74, 6) is 0.493. The number of carbonyl (C=O) groups is 1. The van der Waals surface area contributed by atoms with Crippen molar-refractivity contribution in [2.75, 3.05) is 13.1 Å². The molecule has 1 amide bonds. The normalized spacial score (nSPS) is 16.8. The van der Waals surface area contributed by atoms with Gasteiger partial charge in [0.15, 0.2) is 0 Å². The lowest BCUT2D eigenvalue weighted by atomic mass is 10.2. The number of nitrogens with zero attached hydrogens (tertiary/aromatic N) is 3. The predicted octanol–water partition coefficient (Wildman–Crippen LogP) is 2.30. The van der Waals surface area contributed by atoms with Crippen LogP contribution in [0, 0.1) is 6.92 Å². The maximum atomic E-state index is 12.8. The molecule has 3 aromatic rings. The molecule has 1 atom stereocenters. The Morgan fingerprint density at radius 3 is 2.81 bits per heavy atom. The minimum Gasteiger partial charge on any atom is -0.489 e. The van der Waals surface area contributed by atoms with Crippen LogP contribution in [0.5, 0.6) is 5.75 Å². The molecule has 0 radical (unpaired) electrons. The van der Waals surface area contributed by atoms with E-state index in [9.17, 15) is 9.59 Å². The molecule has 0 aliphatic carbocycles. The fourth-order valence-corrected chi connectivity index (χ4v) is 3.20. The van der Waals surface area contributed by atoms with Crippen molar-refractivity contribution < 1.29 is 9.53 Å². The van der Waals surface area contributed by atoms with Crippen LogP contribution in [0.3, 0.4) is 0 Å². The van der Waals surface area contributed by atoms with E-state index >= 15 is 0 Å². The van der Waals surface area contributed by atoms with Gasteiger partial charge in [-0.3, -0.25) is 14.0 Å². The average Bonchev–Trinajstić information content (AvgIpc) is 3.11. The Balaban J connectivity index is 1.54. The highest BCUT2D eigenvalue weighted by molar-refractivity contribution is 5.94. The smallest absolute Gasteiger partial charge is 0.270 e. The molecule has 6 heteroatoms. The Hall–Kier alpha value is -3.15. The summed E-state index contributed by atoms with van der Waals surface area (Å²) in [4.78, 5) is 31.4. The summed E-state index contributed by atoms with van der Waals surface area (Å²) in [6.07, 6.45) is 3.75. The third-order valence-electron chi connectivity index (χ3n) is 4.56. The third-order valence-corrected chi connectivity index (χ3v) is 4.56. The largest absolute Gasteiger partial charge is 0.489 e. The molecule has 3 heterocycles. The molecular weight excluding hydrogens is 330 g/mol. The number of amides is 1. The molecule has 132 valence electrons. The van der Waals surface area contributed by atoms with Gasteiger partial charge in [-0.1, -0.05) is 24.3 Å². The molecular formula is C20H19N3O3. The Morgan fingerprint density at radius 1 is 1.19 bits per heavy atom. The number of carbonyl (C=O) groups excluding carboxylic acids is 1. The van der Waals surface area contributed by atoms with Crippen molar-refractivity contribution >= 4 is 11.6 Å². The Bertz CT molecular complexity index is 1010. The van der Waals surface area contributed by atoms with E-state index in [-0.39, 0.29) is 23.1 Å². The van der Waals surface area contributed by atoms with Gasteiger partial charge in [0.25, 0.3) is 11.5 Å². The molecule has 0 N–H and O–H groups in total. The van der Waals surface area contributed by atoms with Crippen LogP contribution in [0.1, 0.15) is 22.3 Å². The maximum Gasteiger partial charge on any atom is 0.270 e. The first-order chi connectivity index (χ1) is 12.6. The van der Waals surface area contributed by atoms with Crippen LogP contribution in [0.25, 0.3) is 5.65 Å². The SMILES string of the molecule is Cc1ccc2ncc(C(=O)N3CCC(Oc4ccccc4)C3)c(=O)n2c1. The first-order valence-electron chi connectivity index (χ1n) is 8.61. The highest BCUT2D eigenvalue weighted by Crippen LogP contribution is 2.19. The lowest BCUT2D eigenvalue weighted by Crippen LogP contribution is -2.35. The Morgan fingerprint density at radius 2 is 2.00 bits per heavy atom. The fourth-order valence-electron chi connectivity index (χ4n) is 3.20. The van der Waals surface area contributed by atoms with Crippen LogP contribution < -0.4 is 10.3 Å². The molecule has 0 bridgehead atoms. The fraction of sp³-hybridized carbons (Fsp3) is 0.250. The van der Waals surface area contributed by atoms with E-state index in [0.717, 1.165) is 17.7 Å². The van der Waals surface area contributed by atoms with Crippen LogP contribution in [0.15, 0.2) is 59.7 Å². The van der Waals surface area contributed by atoms with Gasteiger partial charge in [-0.15, -0.1) is 0 Å². The van der Waals surface area contributed by atoms with E-state index in [2.05, 4.69) is 4.98 Å². The lowest BCUT2D eigenvalue weighted by Gasteiger charge is -2.17. The molecule has 26 heavy (non-hydrogen) atoms. The Labute approximate surface area is 150 Å². The monoisotopic (exact) mass is 349 g/mol. The molecule has 0 saturated carbocycles. The second-order valence-electron chi connectivity index (χ2n) is 6.50. The first kappa shape index (κ1) is 16.3. The summed E-state index contributed by atoms with van der Waals surface area (Å²) in [6.45, 7) is 2.92. The van der Waals surface area contributed by atoms with Crippen molar-refractivity contribution in [2.24, 2.45) is 0 Å². The minimum absolute atomic E-state index is 0.0697. The van der Waals surface area contributed by atoms with Crippen molar-refractivity contribution in [1.29, 1.82) is 0 Å². The number of aryl methyl sites for hydroxylation is 1. The van der Waals surface area contributed by atoms with E-state index in [1.54, 1.807) is 17.2 Å². The number of rotatable bonds is 3. The summed E-state index contributed by atoms with van der Waals surface area (Å²) < 4.78 is 7.34. The van der Waals surface area contributed by atoms with Crippen molar-refractivity contribution in [2.45, 2.75) is 19.4 Å². The first-order valence-corrected chi connectivity index (χ1v) is 8.61. The Kier molecular flexibility index (Phi) is 4.16. The maximum absolute atomic E-state index is 12.8. The van der Waals surface area contributed by atoms with E-state index < -0.39 is 0 Å². The van der Waals surface area contributed by atoms with Gasteiger partial charge in [0.1, 0.15) is 23.1 Å². The summed E-state index contributed by atoms with van der Waals surface area (Å²) in [5, 5.41) is 0. The standard InChI is InChI=1S/C20H19N3O3/c1-14-7-8-18-21-11-17(20(25)23(18)12-14)19(24)22-10-9-16(13-22)26-15-5-3-2-4-6-15/h2-8,11-12,16H,9-10,13H2,1H3. The van der Waals surface area contributed by atoms with Crippen molar-refractivity contribution in [1.82, 2.24) is 14.3 Å². The van der Waals surface area contributed by atoms with E-state index in [0.29, 0.717) is 18.7 Å². The summed E-state index contributed by atoms with van der Waals surface area (Å²) in [6, 6.07) is 13.2. The van der Waals surface area contributed by atoms with Crippen molar-refractivity contribution in [3.63, 3.8) is 0 Å². The summed E-state index contributed by atoms with van der Waals surface area (Å²) in [7, 11) is 0. The molecule has 6 nitrogen and oxygen atoms in total. The topological polar surface area (TPSA) is 63.9 Å². The number of pyridine rings is 1. The predicted molar refractivity (Wildman–Crippen MR) is 97.6 cm³/mol. The highest BCUT2D eigenvalue weighted by atomic mass is 16.5. The average molecular weight is 349 g/mol. The number of ether oxygens (including phenoxy) is 1. The molecule has 0 spiro atoms. The molecule has 2 aromatic heterocycles. The number of aromatic nitrogens is 2. The van der Waals surface area contributed by atoms with Crippen LogP contribution in [0.4, 0.5) is 0 Å². The second kappa shape index (κ2) is 6.63. The zero-order valence-electron chi connectivity index (χ0n) is 14.5. The molecule has 4 rings (SSSR count). The van der Waals surface area contributed by atoms with Gasteiger partial charge in [-0.2, -0.15) is 0 Å². The third kappa shape index (κ3) is 3.06. The van der Waals surface area contributed by atoms with Gasteiger partial charge < -0.3 is 9.64 Å². The molecule has 1 unspecified atom stereocenters. The number of para-hydroxylation sites is 1. The van der Waals surface area contributed by atoms with Crippen LogP contribution in [0.2, 0.25) is 0 Å². The molecule has 1 fully saturated rings.